The Morgan fingerprint density at radius 1 is 1.00 bits per heavy atom. The van der Waals surface area contributed by atoms with Crippen LogP contribution in [0.25, 0.3) is 0 Å². The van der Waals surface area contributed by atoms with E-state index in [1.165, 1.54) is 24.6 Å². The molecule has 1 aromatic carbocycles. The van der Waals surface area contributed by atoms with Gasteiger partial charge in [0.1, 0.15) is 0 Å². The molecule has 4 heteroatoms. The molecule has 0 unspecified atom stereocenters. The SMILES string of the molecule is F[B-](F)(F)c1cccc(C2CCCCC2)c1. The van der Waals surface area contributed by atoms with Crippen molar-refractivity contribution in [2.75, 3.05) is 0 Å². The standard InChI is InChI=1S/C12H15BF3/c14-13(15,16)12-8-4-7-11(9-12)10-5-2-1-3-6-10/h4,7-10H,1-3,5-6H2/q-1. The van der Waals surface area contributed by atoms with Crippen molar-refractivity contribution < 1.29 is 12.9 Å². The van der Waals surface area contributed by atoms with Gasteiger partial charge in [-0.1, -0.05) is 43.5 Å². The van der Waals surface area contributed by atoms with Crippen LogP contribution in [-0.4, -0.2) is 6.98 Å². The Kier molecular flexibility index (Phi) is 3.26. The first-order chi connectivity index (χ1) is 7.57. The molecule has 0 aliphatic heterocycles. The second-order valence-electron chi connectivity index (χ2n) is 4.58. The lowest BCUT2D eigenvalue weighted by Gasteiger charge is -2.24. The van der Waals surface area contributed by atoms with E-state index in [1.54, 1.807) is 0 Å². The number of hydrogen-bond acceptors (Lipinski definition) is 0. The van der Waals surface area contributed by atoms with Crippen LogP contribution in [0.3, 0.4) is 0 Å². The van der Waals surface area contributed by atoms with Crippen molar-refractivity contribution in [2.24, 2.45) is 0 Å². The average Bonchev–Trinajstić information content (AvgIpc) is 2.29. The number of benzene rings is 1. The van der Waals surface area contributed by atoms with Crippen LogP contribution < -0.4 is 5.46 Å². The molecule has 0 aromatic heterocycles. The Morgan fingerprint density at radius 3 is 2.31 bits per heavy atom. The molecule has 0 heterocycles. The summed E-state index contributed by atoms with van der Waals surface area (Å²) in [5.74, 6) is 0.340. The lowest BCUT2D eigenvalue weighted by Crippen LogP contribution is -2.34. The van der Waals surface area contributed by atoms with Crippen LogP contribution in [0.4, 0.5) is 12.9 Å². The van der Waals surface area contributed by atoms with Crippen molar-refractivity contribution in [1.82, 2.24) is 0 Å². The molecule has 0 nitrogen and oxygen atoms in total. The van der Waals surface area contributed by atoms with Crippen molar-refractivity contribution >= 4 is 12.4 Å². The number of halogens is 3. The minimum absolute atomic E-state index is 0.340. The van der Waals surface area contributed by atoms with Gasteiger partial charge in [0, 0.05) is 0 Å². The minimum Gasteiger partial charge on any atom is -0.445 e. The molecule has 1 saturated carbocycles. The molecule has 0 atom stereocenters. The smallest absolute Gasteiger partial charge is 0.445 e. The third-order valence-corrected chi connectivity index (χ3v) is 3.37. The van der Waals surface area contributed by atoms with Gasteiger partial charge in [-0.2, -0.15) is 0 Å². The van der Waals surface area contributed by atoms with Gasteiger partial charge in [0.2, 0.25) is 0 Å². The highest BCUT2D eigenvalue weighted by molar-refractivity contribution is 6.73. The predicted octanol–water partition coefficient (Wildman–Crippen LogP) is 3.79. The molecule has 0 saturated heterocycles. The summed E-state index contributed by atoms with van der Waals surface area (Å²) in [4.78, 5) is 0. The molecule has 16 heavy (non-hydrogen) atoms. The van der Waals surface area contributed by atoms with Gasteiger partial charge in [-0.05, 0) is 24.3 Å². The maximum absolute atomic E-state index is 12.6. The molecule has 0 N–H and O–H groups in total. The summed E-state index contributed by atoms with van der Waals surface area (Å²) in [6, 6.07) is 5.89. The third-order valence-electron chi connectivity index (χ3n) is 3.37. The van der Waals surface area contributed by atoms with E-state index < -0.39 is 12.4 Å². The Balaban J connectivity index is 2.21. The molecular formula is C12H15BF3-. The second-order valence-corrected chi connectivity index (χ2v) is 4.58. The fourth-order valence-corrected chi connectivity index (χ4v) is 2.45. The van der Waals surface area contributed by atoms with Gasteiger partial charge in [-0.15, -0.1) is 5.46 Å². The first-order valence-corrected chi connectivity index (χ1v) is 5.87. The van der Waals surface area contributed by atoms with E-state index in [9.17, 15) is 12.9 Å². The van der Waals surface area contributed by atoms with Crippen LogP contribution in [0.15, 0.2) is 24.3 Å². The quantitative estimate of drug-likeness (QED) is 0.674. The Morgan fingerprint density at radius 2 is 1.69 bits per heavy atom. The van der Waals surface area contributed by atoms with Crippen molar-refractivity contribution in [2.45, 2.75) is 38.0 Å². The van der Waals surface area contributed by atoms with E-state index in [1.807, 2.05) is 6.07 Å². The topological polar surface area (TPSA) is 0 Å². The molecule has 0 spiro atoms. The summed E-state index contributed by atoms with van der Waals surface area (Å²) in [6.45, 7) is -4.85. The highest BCUT2D eigenvalue weighted by Crippen LogP contribution is 2.32. The summed E-state index contributed by atoms with van der Waals surface area (Å²) >= 11 is 0. The Hall–Kier alpha value is -0.925. The third kappa shape index (κ3) is 2.60. The summed E-state index contributed by atoms with van der Waals surface area (Å²) in [7, 11) is 0. The average molecular weight is 227 g/mol. The molecule has 88 valence electrons. The molecule has 1 aromatic rings. The van der Waals surface area contributed by atoms with Crippen LogP contribution in [-0.2, 0) is 0 Å². The maximum Gasteiger partial charge on any atom is 0.509 e. The van der Waals surface area contributed by atoms with Crippen molar-refractivity contribution in [3.8, 4) is 0 Å². The molecular weight excluding hydrogens is 212 g/mol. The first-order valence-electron chi connectivity index (χ1n) is 5.87. The van der Waals surface area contributed by atoms with Crippen molar-refractivity contribution in [3.05, 3.63) is 29.8 Å². The number of rotatable bonds is 2. The molecule has 0 radical (unpaired) electrons. The summed E-state index contributed by atoms with van der Waals surface area (Å²) in [5.41, 5.74) is 0.416. The van der Waals surface area contributed by atoms with Gasteiger partial charge < -0.3 is 12.9 Å². The highest BCUT2D eigenvalue weighted by Gasteiger charge is 2.26. The lowest BCUT2D eigenvalue weighted by molar-refractivity contribution is 0.443. The Labute approximate surface area is 93.9 Å². The van der Waals surface area contributed by atoms with E-state index in [0.29, 0.717) is 5.92 Å². The Bertz CT molecular complexity index is 354. The fraction of sp³-hybridized carbons (Fsp3) is 0.500. The van der Waals surface area contributed by atoms with Gasteiger partial charge in [-0.3, -0.25) is 0 Å². The fourth-order valence-electron chi connectivity index (χ4n) is 2.45. The lowest BCUT2D eigenvalue weighted by atomic mass is 9.76. The zero-order chi connectivity index (χ0) is 11.6. The molecule has 0 bridgehead atoms. The summed E-state index contributed by atoms with van der Waals surface area (Å²) < 4.78 is 37.8. The first kappa shape index (κ1) is 11.6. The molecule has 1 aliphatic carbocycles. The summed E-state index contributed by atoms with van der Waals surface area (Å²) in [6.07, 6.45) is 5.58. The summed E-state index contributed by atoms with van der Waals surface area (Å²) in [5, 5.41) is 0. The van der Waals surface area contributed by atoms with Gasteiger partial charge in [-0.25, -0.2) is 0 Å². The minimum atomic E-state index is -4.85. The zero-order valence-corrected chi connectivity index (χ0v) is 9.13. The molecule has 0 amide bonds. The highest BCUT2D eigenvalue weighted by atomic mass is 19.4. The zero-order valence-electron chi connectivity index (χ0n) is 9.13. The van der Waals surface area contributed by atoms with Crippen molar-refractivity contribution in [3.63, 3.8) is 0 Å². The van der Waals surface area contributed by atoms with Gasteiger partial charge in [0.25, 0.3) is 0 Å². The number of hydrogen-bond donors (Lipinski definition) is 0. The molecule has 2 rings (SSSR count). The van der Waals surface area contributed by atoms with E-state index in [0.717, 1.165) is 31.2 Å². The second kappa shape index (κ2) is 4.52. The van der Waals surface area contributed by atoms with Gasteiger partial charge in [0.15, 0.2) is 0 Å². The predicted molar refractivity (Wildman–Crippen MR) is 61.0 cm³/mol. The van der Waals surface area contributed by atoms with E-state index in [2.05, 4.69) is 0 Å². The van der Waals surface area contributed by atoms with Crippen LogP contribution in [0.2, 0.25) is 0 Å². The largest absolute Gasteiger partial charge is 0.509 e. The van der Waals surface area contributed by atoms with E-state index in [4.69, 9.17) is 0 Å². The monoisotopic (exact) mass is 227 g/mol. The maximum atomic E-state index is 12.6. The van der Waals surface area contributed by atoms with Crippen LogP contribution in [0, 0.1) is 0 Å². The van der Waals surface area contributed by atoms with Crippen molar-refractivity contribution in [1.29, 1.82) is 0 Å². The normalized spacial score (nSPS) is 18.7. The van der Waals surface area contributed by atoms with E-state index >= 15 is 0 Å². The van der Waals surface area contributed by atoms with E-state index in [-0.39, 0.29) is 0 Å². The van der Waals surface area contributed by atoms with Crippen LogP contribution in [0.1, 0.15) is 43.6 Å². The molecule has 1 aliphatic rings. The van der Waals surface area contributed by atoms with Gasteiger partial charge in [0.05, 0.1) is 0 Å². The molecule has 1 fully saturated rings. The van der Waals surface area contributed by atoms with Crippen LogP contribution >= 0.6 is 0 Å². The van der Waals surface area contributed by atoms with Crippen LogP contribution in [0.5, 0.6) is 0 Å². The van der Waals surface area contributed by atoms with Gasteiger partial charge >= 0.3 is 6.98 Å².